The first kappa shape index (κ1) is 14.0. The Labute approximate surface area is 132 Å². The number of rotatable bonds is 3. The van der Waals surface area contributed by atoms with Crippen LogP contribution in [0.4, 0.5) is 0 Å². The highest BCUT2D eigenvalue weighted by atomic mass is 32.1. The maximum absolute atomic E-state index is 12.6. The van der Waals surface area contributed by atoms with E-state index in [1.807, 2.05) is 22.4 Å². The van der Waals surface area contributed by atoms with Crippen molar-refractivity contribution in [1.82, 2.24) is 9.88 Å². The quantitative estimate of drug-likeness (QED) is 0.873. The summed E-state index contributed by atoms with van der Waals surface area (Å²) in [5.74, 6) is 0.919. The summed E-state index contributed by atoms with van der Waals surface area (Å²) in [6.07, 6.45) is 5.53. The van der Waals surface area contributed by atoms with Crippen LogP contribution in [0, 0.1) is 0 Å². The molecule has 0 spiro atoms. The van der Waals surface area contributed by atoms with Crippen LogP contribution < -0.4 is 0 Å². The predicted molar refractivity (Wildman–Crippen MR) is 82.6 cm³/mol. The van der Waals surface area contributed by atoms with E-state index in [1.165, 1.54) is 11.3 Å². The van der Waals surface area contributed by atoms with Crippen molar-refractivity contribution in [1.29, 1.82) is 0 Å². The molecule has 6 heteroatoms. The number of morpholine rings is 1. The maximum Gasteiger partial charge on any atom is 0.229 e. The summed E-state index contributed by atoms with van der Waals surface area (Å²) in [7, 11) is 0. The topological polar surface area (TPSA) is 55.6 Å². The number of fused-ring (bicyclic) bond motifs is 1. The van der Waals surface area contributed by atoms with E-state index < -0.39 is 0 Å². The highest BCUT2D eigenvalue weighted by molar-refractivity contribution is 7.13. The van der Waals surface area contributed by atoms with Gasteiger partial charge in [0.05, 0.1) is 37.1 Å². The van der Waals surface area contributed by atoms with E-state index in [2.05, 4.69) is 4.98 Å². The molecule has 5 nitrogen and oxygen atoms in total. The minimum atomic E-state index is 0.163. The van der Waals surface area contributed by atoms with Crippen LogP contribution in [0.3, 0.4) is 0 Å². The average Bonchev–Trinajstić information content (AvgIpc) is 3.27. The lowest BCUT2D eigenvalue weighted by atomic mass is 10.1. The molecule has 1 amide bonds. The van der Waals surface area contributed by atoms with Crippen molar-refractivity contribution in [3.8, 4) is 10.8 Å². The number of ether oxygens (including phenoxy) is 1. The lowest BCUT2D eigenvalue weighted by molar-refractivity contribution is -0.143. The summed E-state index contributed by atoms with van der Waals surface area (Å²) in [5, 5.41) is 2.77. The zero-order valence-electron chi connectivity index (χ0n) is 12.2. The average molecular weight is 318 g/mol. The van der Waals surface area contributed by atoms with Crippen LogP contribution in [-0.4, -0.2) is 41.1 Å². The first-order chi connectivity index (χ1) is 10.8. The Balaban J connectivity index is 1.45. The molecule has 2 aromatic rings. The molecule has 3 heterocycles. The predicted octanol–water partition coefficient (Wildman–Crippen LogP) is 2.73. The van der Waals surface area contributed by atoms with Crippen molar-refractivity contribution in [3.05, 3.63) is 29.5 Å². The Morgan fingerprint density at radius 3 is 3.27 bits per heavy atom. The Morgan fingerprint density at radius 2 is 2.41 bits per heavy atom. The van der Waals surface area contributed by atoms with Crippen LogP contribution >= 0.6 is 11.3 Å². The van der Waals surface area contributed by atoms with Crippen molar-refractivity contribution in [3.63, 3.8) is 0 Å². The second kappa shape index (κ2) is 5.85. The summed E-state index contributed by atoms with van der Waals surface area (Å²) in [6, 6.07) is 4.00. The summed E-state index contributed by atoms with van der Waals surface area (Å²) >= 11 is 1.52. The number of thiazole rings is 1. The minimum Gasteiger partial charge on any atom is -0.462 e. The van der Waals surface area contributed by atoms with Crippen LogP contribution in [0.2, 0.25) is 0 Å². The number of carbonyl (C=O) groups excluding carboxylic acids is 1. The molecule has 4 rings (SSSR count). The smallest absolute Gasteiger partial charge is 0.229 e. The first-order valence-electron chi connectivity index (χ1n) is 7.70. The second-order valence-electron chi connectivity index (χ2n) is 5.79. The molecular formula is C16H18N2O3S. The molecule has 1 aliphatic carbocycles. The third-order valence-corrected chi connectivity index (χ3v) is 5.32. The molecule has 1 aliphatic heterocycles. The van der Waals surface area contributed by atoms with Gasteiger partial charge in [-0.3, -0.25) is 4.79 Å². The molecule has 22 heavy (non-hydrogen) atoms. The Morgan fingerprint density at radius 1 is 1.45 bits per heavy atom. The number of aromatic nitrogens is 1. The van der Waals surface area contributed by atoms with E-state index in [9.17, 15) is 4.79 Å². The Kier molecular flexibility index (Phi) is 3.72. The van der Waals surface area contributed by atoms with Gasteiger partial charge in [0.1, 0.15) is 0 Å². The lowest BCUT2D eigenvalue weighted by Gasteiger charge is -2.37. The van der Waals surface area contributed by atoms with E-state index in [4.69, 9.17) is 9.15 Å². The van der Waals surface area contributed by atoms with Crippen molar-refractivity contribution >= 4 is 17.2 Å². The van der Waals surface area contributed by atoms with Gasteiger partial charge in [0.2, 0.25) is 5.91 Å². The van der Waals surface area contributed by atoms with Crippen LogP contribution in [0.5, 0.6) is 0 Å². The summed E-state index contributed by atoms with van der Waals surface area (Å²) in [5.41, 5.74) is 0.822. The van der Waals surface area contributed by atoms with Gasteiger partial charge in [-0.2, -0.15) is 0 Å². The summed E-state index contributed by atoms with van der Waals surface area (Å²) in [6.45, 7) is 1.36. The van der Waals surface area contributed by atoms with Gasteiger partial charge in [0.25, 0.3) is 0 Å². The standard InChI is InChI=1S/C16H18N2O3S/c19-15(18-6-8-21-13-4-1-3-12(13)18)9-11-10-22-16(17-11)14-5-2-7-20-14/h2,5,7,10,12-13H,1,3-4,6,8-9H2/t12-,13-/m1/s1. The Hall–Kier alpha value is -1.66. The highest BCUT2D eigenvalue weighted by Crippen LogP contribution is 2.30. The van der Waals surface area contributed by atoms with Gasteiger partial charge < -0.3 is 14.1 Å². The largest absolute Gasteiger partial charge is 0.462 e. The van der Waals surface area contributed by atoms with Crippen molar-refractivity contribution in [2.24, 2.45) is 0 Å². The van der Waals surface area contributed by atoms with Crippen molar-refractivity contribution < 1.29 is 13.9 Å². The lowest BCUT2D eigenvalue weighted by Crippen LogP contribution is -2.51. The second-order valence-corrected chi connectivity index (χ2v) is 6.65. The zero-order valence-corrected chi connectivity index (χ0v) is 13.1. The number of furan rings is 1. The van der Waals surface area contributed by atoms with Crippen LogP contribution in [0.25, 0.3) is 10.8 Å². The fourth-order valence-corrected chi connectivity index (χ4v) is 4.18. The van der Waals surface area contributed by atoms with E-state index in [0.717, 1.165) is 35.7 Å². The SMILES string of the molecule is O=C(Cc1csc(-c2ccco2)n1)N1CCO[C@@H]2CCC[C@H]21. The molecule has 2 aromatic heterocycles. The van der Waals surface area contributed by atoms with Gasteiger partial charge in [0.15, 0.2) is 10.8 Å². The van der Waals surface area contributed by atoms with Crippen LogP contribution in [0.1, 0.15) is 25.0 Å². The molecule has 0 aromatic carbocycles. The van der Waals surface area contributed by atoms with E-state index in [1.54, 1.807) is 6.26 Å². The van der Waals surface area contributed by atoms with E-state index in [0.29, 0.717) is 19.6 Å². The number of amides is 1. The molecule has 2 atom stereocenters. The molecule has 0 radical (unpaired) electrons. The van der Waals surface area contributed by atoms with E-state index >= 15 is 0 Å². The Bertz CT molecular complexity index is 652. The summed E-state index contributed by atoms with van der Waals surface area (Å²) in [4.78, 5) is 19.1. The van der Waals surface area contributed by atoms with Crippen molar-refractivity contribution in [2.45, 2.75) is 37.8 Å². The molecular weight excluding hydrogens is 300 g/mol. The molecule has 1 saturated heterocycles. The maximum atomic E-state index is 12.6. The molecule has 0 N–H and O–H groups in total. The molecule has 2 aliphatic rings. The van der Waals surface area contributed by atoms with Gasteiger partial charge in [-0.25, -0.2) is 4.98 Å². The monoisotopic (exact) mass is 318 g/mol. The highest BCUT2D eigenvalue weighted by Gasteiger charge is 2.38. The number of carbonyl (C=O) groups is 1. The minimum absolute atomic E-state index is 0.163. The van der Waals surface area contributed by atoms with Crippen molar-refractivity contribution in [2.75, 3.05) is 13.2 Å². The fraction of sp³-hybridized carbons (Fsp3) is 0.500. The van der Waals surface area contributed by atoms with Gasteiger partial charge in [-0.1, -0.05) is 0 Å². The molecule has 2 fully saturated rings. The van der Waals surface area contributed by atoms with Gasteiger partial charge in [-0.15, -0.1) is 11.3 Å². The fourth-order valence-electron chi connectivity index (χ4n) is 3.39. The van der Waals surface area contributed by atoms with Crippen LogP contribution in [-0.2, 0) is 16.0 Å². The summed E-state index contributed by atoms with van der Waals surface area (Å²) < 4.78 is 11.1. The van der Waals surface area contributed by atoms with Crippen LogP contribution in [0.15, 0.2) is 28.2 Å². The molecule has 0 unspecified atom stereocenters. The molecule has 116 valence electrons. The normalized spacial score (nSPS) is 24.5. The third-order valence-electron chi connectivity index (χ3n) is 4.42. The third kappa shape index (κ3) is 2.57. The number of hydrogen-bond acceptors (Lipinski definition) is 5. The van der Waals surface area contributed by atoms with Gasteiger partial charge in [-0.05, 0) is 31.4 Å². The molecule has 1 saturated carbocycles. The van der Waals surface area contributed by atoms with Gasteiger partial charge in [0, 0.05) is 11.9 Å². The van der Waals surface area contributed by atoms with E-state index in [-0.39, 0.29) is 18.1 Å². The molecule has 0 bridgehead atoms. The number of hydrogen-bond donors (Lipinski definition) is 0. The zero-order chi connectivity index (χ0) is 14.9. The first-order valence-corrected chi connectivity index (χ1v) is 8.58. The number of nitrogens with zero attached hydrogens (tertiary/aromatic N) is 2. The van der Waals surface area contributed by atoms with Gasteiger partial charge >= 0.3 is 0 Å².